The number of aliphatic hydroxyl groups excluding tert-OH is 1. The van der Waals surface area contributed by atoms with Crippen molar-refractivity contribution in [2.75, 3.05) is 6.61 Å². The molecule has 1 aromatic heterocycles. The van der Waals surface area contributed by atoms with Crippen LogP contribution >= 0.6 is 0 Å². The van der Waals surface area contributed by atoms with Gasteiger partial charge in [-0.25, -0.2) is 9.07 Å². The topological polar surface area (TPSA) is 67.2 Å². The molecule has 2 fully saturated rings. The number of hydrogen-bond acceptors (Lipinski definition) is 3. The first-order valence-electron chi connectivity index (χ1n) is 8.39. The second-order valence-corrected chi connectivity index (χ2v) is 6.80. The average Bonchev–Trinajstić information content (AvgIpc) is 3.30. The van der Waals surface area contributed by atoms with Crippen LogP contribution in [0.15, 0.2) is 36.5 Å². The summed E-state index contributed by atoms with van der Waals surface area (Å²) in [7, 11) is 0. The number of hydrogen-bond donors (Lipinski definition) is 2. The van der Waals surface area contributed by atoms with Gasteiger partial charge in [0.1, 0.15) is 5.82 Å². The van der Waals surface area contributed by atoms with Gasteiger partial charge in [-0.2, -0.15) is 5.10 Å². The van der Waals surface area contributed by atoms with Gasteiger partial charge in [-0.15, -0.1) is 0 Å². The summed E-state index contributed by atoms with van der Waals surface area (Å²) >= 11 is 0. The summed E-state index contributed by atoms with van der Waals surface area (Å²) in [4.78, 5) is 12.5. The summed E-state index contributed by atoms with van der Waals surface area (Å²) < 4.78 is 14.8. The highest BCUT2D eigenvalue weighted by Crippen LogP contribution is 2.48. The number of fused-ring (bicyclic) bond motifs is 2. The van der Waals surface area contributed by atoms with Crippen LogP contribution in [0.1, 0.15) is 29.8 Å². The zero-order valence-corrected chi connectivity index (χ0v) is 13.2. The molecule has 2 N–H and O–H groups in total. The van der Waals surface area contributed by atoms with E-state index in [4.69, 9.17) is 0 Å². The molecule has 2 aromatic rings. The number of rotatable bonds is 4. The van der Waals surface area contributed by atoms with E-state index in [9.17, 15) is 14.3 Å². The summed E-state index contributed by atoms with van der Waals surface area (Å²) in [5.74, 6) is 0.553. The quantitative estimate of drug-likeness (QED) is 0.903. The lowest BCUT2D eigenvalue weighted by atomic mass is 9.85. The third kappa shape index (κ3) is 2.60. The van der Waals surface area contributed by atoms with Crippen LogP contribution in [0, 0.1) is 23.6 Å². The second kappa shape index (κ2) is 6.02. The molecule has 4 unspecified atom stereocenters. The third-order valence-corrected chi connectivity index (χ3v) is 5.49. The van der Waals surface area contributed by atoms with E-state index in [0.29, 0.717) is 23.2 Å². The van der Waals surface area contributed by atoms with Gasteiger partial charge in [0, 0.05) is 24.8 Å². The second-order valence-electron chi connectivity index (χ2n) is 6.80. The molecule has 2 aliphatic carbocycles. The maximum absolute atomic E-state index is 13.3. The van der Waals surface area contributed by atoms with E-state index in [2.05, 4.69) is 10.4 Å². The molecule has 1 aromatic carbocycles. The number of carbonyl (C=O) groups excluding carboxylic acids is 1. The van der Waals surface area contributed by atoms with Crippen LogP contribution < -0.4 is 5.32 Å². The van der Waals surface area contributed by atoms with Crippen LogP contribution in [-0.4, -0.2) is 33.4 Å². The van der Waals surface area contributed by atoms with Gasteiger partial charge < -0.3 is 10.4 Å². The molecule has 126 valence electrons. The van der Waals surface area contributed by atoms with Crippen molar-refractivity contribution in [3.63, 3.8) is 0 Å². The van der Waals surface area contributed by atoms with E-state index in [0.717, 1.165) is 19.3 Å². The highest BCUT2D eigenvalue weighted by molar-refractivity contribution is 5.92. The minimum absolute atomic E-state index is 0.0283. The first-order chi connectivity index (χ1) is 11.7. The van der Waals surface area contributed by atoms with Crippen molar-refractivity contribution in [1.29, 1.82) is 0 Å². The summed E-state index contributed by atoms with van der Waals surface area (Å²) in [6.45, 7) is 0.115. The van der Waals surface area contributed by atoms with Crippen LogP contribution in [0.5, 0.6) is 0 Å². The lowest BCUT2D eigenvalue weighted by Gasteiger charge is -2.30. The number of amides is 1. The van der Waals surface area contributed by atoms with Crippen molar-refractivity contribution in [1.82, 2.24) is 15.1 Å². The largest absolute Gasteiger partial charge is 0.396 e. The molecule has 4 rings (SSSR count). The van der Waals surface area contributed by atoms with Crippen molar-refractivity contribution in [3.8, 4) is 5.69 Å². The van der Waals surface area contributed by atoms with Crippen molar-refractivity contribution in [2.45, 2.75) is 25.3 Å². The van der Waals surface area contributed by atoms with Gasteiger partial charge in [0.15, 0.2) is 5.69 Å². The number of nitrogens with one attached hydrogen (secondary N) is 1. The SMILES string of the molecule is O=C(NC1C2CCC(C2)C1CO)c1ccn(-c2cccc(F)c2)n1. The highest BCUT2D eigenvalue weighted by Gasteiger charge is 2.47. The van der Waals surface area contributed by atoms with E-state index in [1.54, 1.807) is 24.4 Å². The van der Waals surface area contributed by atoms with Gasteiger partial charge in [-0.05, 0) is 55.4 Å². The molecule has 0 spiro atoms. The molecule has 2 aliphatic rings. The molecular weight excluding hydrogens is 309 g/mol. The maximum Gasteiger partial charge on any atom is 0.272 e. The summed E-state index contributed by atoms with van der Waals surface area (Å²) in [6.07, 6.45) is 5.00. The number of halogens is 1. The average molecular weight is 329 g/mol. The molecular formula is C18H20FN3O2. The van der Waals surface area contributed by atoms with Gasteiger partial charge in [0.2, 0.25) is 0 Å². The monoisotopic (exact) mass is 329 g/mol. The maximum atomic E-state index is 13.3. The van der Waals surface area contributed by atoms with Gasteiger partial charge in [0.25, 0.3) is 5.91 Å². The van der Waals surface area contributed by atoms with E-state index >= 15 is 0 Å². The van der Waals surface area contributed by atoms with Crippen molar-refractivity contribution >= 4 is 5.91 Å². The Labute approximate surface area is 139 Å². The summed E-state index contributed by atoms with van der Waals surface area (Å²) in [5, 5.41) is 16.9. The lowest BCUT2D eigenvalue weighted by Crippen LogP contribution is -2.45. The molecule has 2 bridgehead atoms. The minimum atomic E-state index is -0.346. The molecule has 1 heterocycles. The van der Waals surface area contributed by atoms with Crippen LogP contribution in [0.25, 0.3) is 5.69 Å². The molecule has 5 nitrogen and oxygen atoms in total. The Morgan fingerprint density at radius 3 is 2.96 bits per heavy atom. The van der Waals surface area contributed by atoms with E-state index in [-0.39, 0.29) is 30.3 Å². The predicted molar refractivity (Wildman–Crippen MR) is 86.2 cm³/mol. The van der Waals surface area contributed by atoms with Gasteiger partial charge >= 0.3 is 0 Å². The normalized spacial score (nSPS) is 28.2. The smallest absolute Gasteiger partial charge is 0.272 e. The van der Waals surface area contributed by atoms with Crippen molar-refractivity contribution in [3.05, 3.63) is 48.0 Å². The molecule has 0 aliphatic heterocycles. The fourth-order valence-corrected chi connectivity index (χ4v) is 4.33. The van der Waals surface area contributed by atoms with Gasteiger partial charge in [0.05, 0.1) is 5.69 Å². The number of benzene rings is 1. The Bertz CT molecular complexity index is 760. The van der Waals surface area contributed by atoms with Crippen LogP contribution in [0.2, 0.25) is 0 Å². The van der Waals surface area contributed by atoms with Crippen LogP contribution in [0.3, 0.4) is 0 Å². The highest BCUT2D eigenvalue weighted by atomic mass is 19.1. The third-order valence-electron chi connectivity index (χ3n) is 5.49. The summed E-state index contributed by atoms with van der Waals surface area (Å²) in [5.41, 5.74) is 0.876. The molecule has 2 saturated carbocycles. The first-order valence-corrected chi connectivity index (χ1v) is 8.39. The van der Waals surface area contributed by atoms with Gasteiger partial charge in [-0.3, -0.25) is 4.79 Å². The number of aliphatic hydroxyl groups is 1. The Morgan fingerprint density at radius 2 is 2.17 bits per heavy atom. The Balaban J connectivity index is 1.49. The molecule has 0 saturated heterocycles. The molecule has 24 heavy (non-hydrogen) atoms. The van der Waals surface area contributed by atoms with E-state index < -0.39 is 0 Å². The number of nitrogens with zero attached hydrogens (tertiary/aromatic N) is 2. The minimum Gasteiger partial charge on any atom is -0.396 e. The Hall–Kier alpha value is -2.21. The van der Waals surface area contributed by atoms with E-state index in [1.165, 1.54) is 16.8 Å². The van der Waals surface area contributed by atoms with Crippen LogP contribution in [0.4, 0.5) is 4.39 Å². The zero-order valence-electron chi connectivity index (χ0n) is 13.2. The van der Waals surface area contributed by atoms with Crippen LogP contribution in [-0.2, 0) is 0 Å². The first kappa shape index (κ1) is 15.3. The fourth-order valence-electron chi connectivity index (χ4n) is 4.33. The Morgan fingerprint density at radius 1 is 1.33 bits per heavy atom. The number of aromatic nitrogens is 2. The standard InChI is InChI=1S/C18H20FN3O2/c19-13-2-1-3-14(9-13)22-7-6-16(21-22)18(24)20-17-12-5-4-11(8-12)15(17)10-23/h1-3,6-7,9,11-12,15,17,23H,4-5,8,10H2,(H,20,24). The molecule has 0 radical (unpaired) electrons. The molecule has 4 atom stereocenters. The molecule has 6 heteroatoms. The van der Waals surface area contributed by atoms with E-state index in [1.807, 2.05) is 0 Å². The lowest BCUT2D eigenvalue weighted by molar-refractivity contribution is 0.0856. The van der Waals surface area contributed by atoms with Gasteiger partial charge in [-0.1, -0.05) is 6.07 Å². The fraction of sp³-hybridized carbons (Fsp3) is 0.444. The predicted octanol–water partition coefficient (Wildman–Crippen LogP) is 2.15. The zero-order chi connectivity index (χ0) is 16.7. The number of carbonyl (C=O) groups is 1. The van der Waals surface area contributed by atoms with Crippen molar-refractivity contribution < 1.29 is 14.3 Å². The Kier molecular flexibility index (Phi) is 3.84. The van der Waals surface area contributed by atoms with Crippen molar-refractivity contribution in [2.24, 2.45) is 17.8 Å². The summed E-state index contributed by atoms with van der Waals surface area (Å²) in [6, 6.07) is 7.72. The molecule has 1 amide bonds.